The normalized spacial score (nSPS) is 19.2. The molecule has 90 valence electrons. The lowest BCUT2D eigenvalue weighted by Gasteiger charge is -2.10. The zero-order chi connectivity index (χ0) is 10.8. The van der Waals surface area contributed by atoms with Crippen molar-refractivity contribution in [2.75, 3.05) is 13.1 Å². The largest absolute Gasteiger partial charge is 0.348 e. The number of nitrogens with one attached hydrogen (secondary N) is 2. The average molecular weight is 245 g/mol. The Morgan fingerprint density at radius 2 is 2.44 bits per heavy atom. The maximum absolute atomic E-state index is 11.8. The molecule has 1 saturated heterocycles. The van der Waals surface area contributed by atoms with Crippen molar-refractivity contribution >= 4 is 18.3 Å². The predicted molar refractivity (Wildman–Crippen MR) is 63.9 cm³/mol. The number of nitrogens with zero attached hydrogens (tertiary/aromatic N) is 2. The van der Waals surface area contributed by atoms with E-state index in [1.165, 1.54) is 0 Å². The van der Waals surface area contributed by atoms with Gasteiger partial charge in [0, 0.05) is 25.8 Å². The number of hydrogen-bond donors (Lipinski definition) is 2. The van der Waals surface area contributed by atoms with Crippen molar-refractivity contribution in [3.63, 3.8) is 0 Å². The average Bonchev–Trinajstić information content (AvgIpc) is 2.75. The van der Waals surface area contributed by atoms with Crippen molar-refractivity contribution in [2.45, 2.75) is 19.4 Å². The van der Waals surface area contributed by atoms with Gasteiger partial charge in [0.05, 0.1) is 11.3 Å². The molecule has 1 amide bonds. The molecule has 1 fully saturated rings. The van der Waals surface area contributed by atoms with E-state index in [1.54, 1.807) is 10.9 Å². The van der Waals surface area contributed by atoms with Gasteiger partial charge in [0.25, 0.3) is 5.91 Å². The minimum absolute atomic E-state index is 0. The van der Waals surface area contributed by atoms with Gasteiger partial charge in [-0.1, -0.05) is 0 Å². The van der Waals surface area contributed by atoms with Crippen molar-refractivity contribution in [3.05, 3.63) is 17.5 Å². The number of aromatic nitrogens is 2. The minimum atomic E-state index is -0.0192. The maximum Gasteiger partial charge on any atom is 0.255 e. The SMILES string of the molecule is Cc1nn(C)cc1C(=O)NC1CCNC1.Cl. The Labute approximate surface area is 101 Å². The third kappa shape index (κ3) is 2.74. The van der Waals surface area contributed by atoms with Crippen LogP contribution in [0.5, 0.6) is 0 Å². The first-order chi connectivity index (χ1) is 7.16. The standard InChI is InChI=1S/C10H16N4O.ClH/c1-7-9(6-14(2)13-7)10(15)12-8-3-4-11-5-8;/h6,8,11H,3-5H2,1-2H3,(H,12,15);1H. The number of halogens is 1. The second-order valence-corrected chi connectivity index (χ2v) is 3.97. The first-order valence-electron chi connectivity index (χ1n) is 5.18. The summed E-state index contributed by atoms with van der Waals surface area (Å²) in [6, 6.07) is 0.261. The van der Waals surface area contributed by atoms with Gasteiger partial charge in [-0.25, -0.2) is 0 Å². The van der Waals surface area contributed by atoms with Crippen LogP contribution in [0.2, 0.25) is 0 Å². The molecule has 0 aliphatic carbocycles. The fourth-order valence-electron chi connectivity index (χ4n) is 1.86. The molecule has 2 rings (SSSR count). The van der Waals surface area contributed by atoms with Crippen molar-refractivity contribution in [1.82, 2.24) is 20.4 Å². The van der Waals surface area contributed by atoms with Gasteiger partial charge in [0.15, 0.2) is 0 Å². The number of carbonyl (C=O) groups excluding carboxylic acids is 1. The van der Waals surface area contributed by atoms with E-state index in [4.69, 9.17) is 0 Å². The first-order valence-corrected chi connectivity index (χ1v) is 5.18. The second-order valence-electron chi connectivity index (χ2n) is 3.97. The van der Waals surface area contributed by atoms with Gasteiger partial charge >= 0.3 is 0 Å². The molecule has 0 aromatic carbocycles. The van der Waals surface area contributed by atoms with Crippen LogP contribution in [-0.2, 0) is 7.05 Å². The van der Waals surface area contributed by atoms with E-state index in [9.17, 15) is 4.79 Å². The Balaban J connectivity index is 0.00000128. The Morgan fingerprint density at radius 1 is 1.69 bits per heavy atom. The molecule has 1 unspecified atom stereocenters. The zero-order valence-electron chi connectivity index (χ0n) is 9.49. The maximum atomic E-state index is 11.8. The van der Waals surface area contributed by atoms with Crippen LogP contribution in [0.1, 0.15) is 22.5 Å². The molecule has 0 bridgehead atoms. The van der Waals surface area contributed by atoms with Crippen LogP contribution in [-0.4, -0.2) is 34.8 Å². The number of aryl methyl sites for hydroxylation is 2. The van der Waals surface area contributed by atoms with Gasteiger partial charge in [0.1, 0.15) is 0 Å². The summed E-state index contributed by atoms with van der Waals surface area (Å²) in [6.07, 6.45) is 2.76. The van der Waals surface area contributed by atoms with Crippen molar-refractivity contribution in [1.29, 1.82) is 0 Å². The quantitative estimate of drug-likeness (QED) is 0.784. The number of carbonyl (C=O) groups is 1. The summed E-state index contributed by atoms with van der Waals surface area (Å²) < 4.78 is 1.66. The van der Waals surface area contributed by atoms with E-state index in [2.05, 4.69) is 15.7 Å². The molecule has 5 nitrogen and oxygen atoms in total. The summed E-state index contributed by atoms with van der Waals surface area (Å²) >= 11 is 0. The summed E-state index contributed by atoms with van der Waals surface area (Å²) in [4.78, 5) is 11.8. The molecule has 16 heavy (non-hydrogen) atoms. The van der Waals surface area contributed by atoms with E-state index in [0.717, 1.165) is 25.2 Å². The summed E-state index contributed by atoms with van der Waals surface area (Å²) in [5.74, 6) is -0.0192. The van der Waals surface area contributed by atoms with Crippen molar-refractivity contribution in [3.8, 4) is 0 Å². The van der Waals surface area contributed by atoms with E-state index >= 15 is 0 Å². The summed E-state index contributed by atoms with van der Waals surface area (Å²) in [7, 11) is 1.82. The molecule has 1 aliphatic heterocycles. The molecular formula is C10H17ClN4O. The van der Waals surface area contributed by atoms with Crippen molar-refractivity contribution in [2.24, 2.45) is 7.05 Å². The molecule has 0 saturated carbocycles. The summed E-state index contributed by atoms with van der Waals surface area (Å²) in [5.41, 5.74) is 1.45. The summed E-state index contributed by atoms with van der Waals surface area (Å²) in [6.45, 7) is 3.70. The molecule has 2 N–H and O–H groups in total. The van der Waals surface area contributed by atoms with Gasteiger partial charge in [-0.2, -0.15) is 5.10 Å². The van der Waals surface area contributed by atoms with Crippen LogP contribution in [0, 0.1) is 6.92 Å². The lowest BCUT2D eigenvalue weighted by atomic mass is 10.2. The van der Waals surface area contributed by atoms with E-state index in [1.807, 2.05) is 14.0 Å². The number of rotatable bonds is 2. The molecule has 1 aromatic rings. The van der Waals surface area contributed by atoms with E-state index < -0.39 is 0 Å². The molecule has 2 heterocycles. The topological polar surface area (TPSA) is 59.0 Å². The van der Waals surface area contributed by atoms with Crippen LogP contribution in [0.25, 0.3) is 0 Å². The third-order valence-electron chi connectivity index (χ3n) is 2.65. The highest BCUT2D eigenvalue weighted by atomic mass is 35.5. The van der Waals surface area contributed by atoms with Crippen LogP contribution >= 0.6 is 12.4 Å². The molecule has 6 heteroatoms. The summed E-state index contributed by atoms with van der Waals surface area (Å²) in [5, 5.41) is 10.4. The van der Waals surface area contributed by atoms with E-state index in [-0.39, 0.29) is 24.4 Å². The second kappa shape index (κ2) is 5.32. The highest BCUT2D eigenvalue weighted by Gasteiger charge is 2.19. The molecule has 1 aromatic heterocycles. The zero-order valence-corrected chi connectivity index (χ0v) is 10.3. The fourth-order valence-corrected chi connectivity index (χ4v) is 1.86. The smallest absolute Gasteiger partial charge is 0.255 e. The lowest BCUT2D eigenvalue weighted by molar-refractivity contribution is 0.0939. The Hall–Kier alpha value is -1.07. The van der Waals surface area contributed by atoms with Crippen molar-refractivity contribution < 1.29 is 4.79 Å². The number of hydrogen-bond acceptors (Lipinski definition) is 3. The van der Waals surface area contributed by atoms with Crippen LogP contribution < -0.4 is 10.6 Å². The van der Waals surface area contributed by atoms with Crippen LogP contribution in [0.15, 0.2) is 6.20 Å². The monoisotopic (exact) mass is 244 g/mol. The van der Waals surface area contributed by atoms with Gasteiger partial charge < -0.3 is 10.6 Å². The minimum Gasteiger partial charge on any atom is -0.348 e. The number of amides is 1. The highest BCUT2D eigenvalue weighted by Crippen LogP contribution is 2.06. The van der Waals surface area contributed by atoms with Crippen LogP contribution in [0.4, 0.5) is 0 Å². The third-order valence-corrected chi connectivity index (χ3v) is 2.65. The molecule has 0 spiro atoms. The predicted octanol–water partition coefficient (Wildman–Crippen LogP) is 0.242. The molecule has 1 atom stereocenters. The molecule has 1 aliphatic rings. The van der Waals surface area contributed by atoms with Gasteiger partial charge in [-0.15, -0.1) is 12.4 Å². The fraction of sp³-hybridized carbons (Fsp3) is 0.600. The van der Waals surface area contributed by atoms with Crippen LogP contribution in [0.3, 0.4) is 0 Å². The van der Waals surface area contributed by atoms with E-state index in [0.29, 0.717) is 5.56 Å². The van der Waals surface area contributed by atoms with Gasteiger partial charge in [-0.3, -0.25) is 9.48 Å². The Bertz CT molecular complexity index is 371. The first kappa shape index (κ1) is 13.0. The molecular weight excluding hydrogens is 228 g/mol. The Morgan fingerprint density at radius 3 is 2.94 bits per heavy atom. The van der Waals surface area contributed by atoms with Gasteiger partial charge in [-0.05, 0) is 19.9 Å². The Kier molecular flexibility index (Phi) is 4.32. The molecule has 0 radical (unpaired) electrons. The highest BCUT2D eigenvalue weighted by molar-refractivity contribution is 5.95. The van der Waals surface area contributed by atoms with Gasteiger partial charge in [0.2, 0.25) is 0 Å². The lowest BCUT2D eigenvalue weighted by Crippen LogP contribution is -2.36.